The van der Waals surface area contributed by atoms with E-state index in [-0.39, 0.29) is 17.7 Å². The average Bonchev–Trinajstić information content (AvgIpc) is 2.86. The van der Waals surface area contributed by atoms with Gasteiger partial charge in [-0.15, -0.1) is 11.3 Å². The van der Waals surface area contributed by atoms with Gasteiger partial charge in [-0.05, 0) is 50.1 Å². The summed E-state index contributed by atoms with van der Waals surface area (Å²) in [4.78, 5) is 13.3. The highest BCUT2D eigenvalue weighted by molar-refractivity contribution is 7.10. The first-order valence-electron chi connectivity index (χ1n) is 6.67. The maximum atomic E-state index is 11.9. The topological polar surface area (TPSA) is 50.4 Å². The average molecular weight is 282 g/mol. The third-order valence-electron chi connectivity index (χ3n) is 3.58. The number of thiophene rings is 1. The van der Waals surface area contributed by atoms with Crippen molar-refractivity contribution < 1.29 is 9.53 Å². The molecule has 2 N–H and O–H groups in total. The lowest BCUT2D eigenvalue weighted by atomic mass is 9.94. The number of nitrogens with one attached hydrogen (secondary N) is 2. The summed E-state index contributed by atoms with van der Waals surface area (Å²) in [5.74, 6) is 0. The van der Waals surface area contributed by atoms with Crippen LogP contribution in [0.25, 0.3) is 0 Å². The Balaban J connectivity index is 1.87. The number of urea groups is 1. The second kappa shape index (κ2) is 5.92. The predicted molar refractivity (Wildman–Crippen MR) is 77.6 cm³/mol. The lowest BCUT2D eigenvalue weighted by Crippen LogP contribution is -2.45. The third-order valence-corrected chi connectivity index (χ3v) is 4.58. The molecule has 1 aliphatic rings. The summed E-state index contributed by atoms with van der Waals surface area (Å²) in [6.07, 6.45) is 3.30. The Morgan fingerprint density at radius 2 is 2.37 bits per heavy atom. The van der Waals surface area contributed by atoms with Crippen LogP contribution in [0.2, 0.25) is 0 Å². The van der Waals surface area contributed by atoms with Crippen molar-refractivity contribution in [1.82, 2.24) is 10.6 Å². The molecule has 4 nitrogen and oxygen atoms in total. The molecule has 0 aliphatic heterocycles. The van der Waals surface area contributed by atoms with Gasteiger partial charge in [0.2, 0.25) is 0 Å². The minimum absolute atomic E-state index is 0.117. The fraction of sp³-hybridized carbons (Fsp3) is 0.643. The van der Waals surface area contributed by atoms with Crippen LogP contribution in [0.1, 0.15) is 43.2 Å². The van der Waals surface area contributed by atoms with Gasteiger partial charge < -0.3 is 15.4 Å². The zero-order chi connectivity index (χ0) is 13.9. The molecule has 0 spiro atoms. The van der Waals surface area contributed by atoms with Crippen LogP contribution in [0.5, 0.6) is 0 Å². The molecular formula is C14H22N2O2S. The molecule has 19 heavy (non-hydrogen) atoms. The Kier molecular flexibility index (Phi) is 4.47. The highest BCUT2D eigenvalue weighted by Gasteiger charge is 2.23. The summed E-state index contributed by atoms with van der Waals surface area (Å²) in [7, 11) is 1.65. The van der Waals surface area contributed by atoms with Crippen molar-refractivity contribution in [1.29, 1.82) is 0 Å². The molecule has 0 radical (unpaired) electrons. The van der Waals surface area contributed by atoms with Crippen LogP contribution in [-0.2, 0) is 11.2 Å². The SMILES string of the molecule is COC(C)(C)CNC(=O)N[C@H]1CCCc2sccc21. The molecule has 2 rings (SSSR count). The number of ether oxygens (including phenoxy) is 1. The van der Waals surface area contributed by atoms with Crippen LogP contribution in [-0.4, -0.2) is 25.3 Å². The van der Waals surface area contributed by atoms with E-state index in [1.807, 2.05) is 13.8 Å². The van der Waals surface area contributed by atoms with Crippen molar-refractivity contribution >= 4 is 17.4 Å². The molecule has 2 amide bonds. The molecule has 0 bridgehead atoms. The number of rotatable bonds is 4. The number of carbonyl (C=O) groups excluding carboxylic acids is 1. The first kappa shape index (κ1) is 14.3. The number of hydrogen-bond donors (Lipinski definition) is 2. The van der Waals surface area contributed by atoms with E-state index in [1.165, 1.54) is 10.4 Å². The van der Waals surface area contributed by atoms with Crippen LogP contribution in [0.3, 0.4) is 0 Å². The lowest BCUT2D eigenvalue weighted by Gasteiger charge is -2.26. The molecule has 5 heteroatoms. The maximum Gasteiger partial charge on any atom is 0.315 e. The third kappa shape index (κ3) is 3.70. The number of aryl methyl sites for hydroxylation is 1. The van der Waals surface area contributed by atoms with Gasteiger partial charge in [0, 0.05) is 18.5 Å². The summed E-state index contributed by atoms with van der Waals surface area (Å²) in [6, 6.07) is 2.17. The van der Waals surface area contributed by atoms with Gasteiger partial charge in [0.25, 0.3) is 0 Å². The highest BCUT2D eigenvalue weighted by atomic mass is 32.1. The maximum absolute atomic E-state index is 11.9. The molecule has 0 saturated heterocycles. The minimum atomic E-state index is -0.336. The van der Waals surface area contributed by atoms with E-state index in [1.54, 1.807) is 18.4 Å². The second-order valence-corrected chi connectivity index (χ2v) is 6.54. The van der Waals surface area contributed by atoms with Gasteiger partial charge >= 0.3 is 6.03 Å². The van der Waals surface area contributed by atoms with Crippen molar-refractivity contribution in [2.45, 2.75) is 44.8 Å². The highest BCUT2D eigenvalue weighted by Crippen LogP contribution is 2.33. The number of fused-ring (bicyclic) bond motifs is 1. The van der Waals surface area contributed by atoms with Gasteiger partial charge in [-0.3, -0.25) is 0 Å². The van der Waals surface area contributed by atoms with Gasteiger partial charge in [-0.1, -0.05) is 0 Å². The fourth-order valence-electron chi connectivity index (χ4n) is 2.21. The Morgan fingerprint density at radius 3 is 3.11 bits per heavy atom. The molecule has 1 aliphatic carbocycles. The van der Waals surface area contributed by atoms with Crippen molar-refractivity contribution in [2.24, 2.45) is 0 Å². The van der Waals surface area contributed by atoms with E-state index in [0.717, 1.165) is 19.3 Å². The summed E-state index contributed by atoms with van der Waals surface area (Å²) >= 11 is 1.79. The summed E-state index contributed by atoms with van der Waals surface area (Å²) in [6.45, 7) is 4.40. The van der Waals surface area contributed by atoms with Gasteiger partial charge in [-0.2, -0.15) is 0 Å². The molecule has 0 fully saturated rings. The second-order valence-electron chi connectivity index (χ2n) is 5.53. The van der Waals surface area contributed by atoms with Crippen LogP contribution in [0.15, 0.2) is 11.4 Å². The van der Waals surface area contributed by atoms with Crippen molar-refractivity contribution in [3.8, 4) is 0 Å². The quantitative estimate of drug-likeness (QED) is 0.892. The van der Waals surface area contributed by atoms with Gasteiger partial charge in [0.1, 0.15) is 0 Å². The van der Waals surface area contributed by atoms with Crippen molar-refractivity contribution in [3.63, 3.8) is 0 Å². The van der Waals surface area contributed by atoms with Crippen LogP contribution in [0, 0.1) is 0 Å². The zero-order valence-corrected chi connectivity index (χ0v) is 12.6. The number of methoxy groups -OCH3 is 1. The van der Waals surface area contributed by atoms with E-state index in [2.05, 4.69) is 22.1 Å². The first-order chi connectivity index (χ1) is 9.02. The Morgan fingerprint density at radius 1 is 1.58 bits per heavy atom. The molecule has 1 aromatic rings. The van der Waals surface area contributed by atoms with Crippen LogP contribution in [0.4, 0.5) is 4.79 Å². The normalized spacial score (nSPS) is 18.8. The van der Waals surface area contributed by atoms with Crippen LogP contribution < -0.4 is 10.6 Å². The lowest BCUT2D eigenvalue weighted by molar-refractivity contribution is 0.0253. The van der Waals surface area contributed by atoms with E-state index >= 15 is 0 Å². The predicted octanol–water partition coefficient (Wildman–Crippen LogP) is 2.85. The Bertz CT molecular complexity index is 442. The molecule has 0 saturated carbocycles. The standard InChI is InChI=1S/C14H22N2O2S/c1-14(2,18-3)9-15-13(17)16-11-5-4-6-12-10(11)7-8-19-12/h7-8,11H,4-6,9H2,1-3H3,(H2,15,16,17)/t11-/m0/s1. The van der Waals surface area contributed by atoms with E-state index < -0.39 is 0 Å². The molecule has 1 aromatic heterocycles. The zero-order valence-electron chi connectivity index (χ0n) is 11.8. The van der Waals surface area contributed by atoms with Gasteiger partial charge in [-0.25, -0.2) is 4.79 Å². The van der Waals surface area contributed by atoms with E-state index in [9.17, 15) is 4.79 Å². The van der Waals surface area contributed by atoms with Gasteiger partial charge in [0.05, 0.1) is 11.6 Å². The van der Waals surface area contributed by atoms with E-state index in [0.29, 0.717) is 6.54 Å². The van der Waals surface area contributed by atoms with Crippen LogP contribution >= 0.6 is 11.3 Å². The fourth-order valence-corrected chi connectivity index (χ4v) is 3.20. The van der Waals surface area contributed by atoms with E-state index in [4.69, 9.17) is 4.74 Å². The first-order valence-corrected chi connectivity index (χ1v) is 7.55. The monoisotopic (exact) mass is 282 g/mol. The van der Waals surface area contributed by atoms with Gasteiger partial charge in [0.15, 0.2) is 0 Å². The molecule has 1 heterocycles. The largest absolute Gasteiger partial charge is 0.377 e. The molecule has 106 valence electrons. The number of carbonyl (C=O) groups is 1. The molecule has 1 atom stereocenters. The summed E-state index contributed by atoms with van der Waals surface area (Å²) < 4.78 is 5.28. The molecular weight excluding hydrogens is 260 g/mol. The van der Waals surface area contributed by atoms with Crippen molar-refractivity contribution in [2.75, 3.05) is 13.7 Å². The summed E-state index contributed by atoms with van der Waals surface area (Å²) in [5.41, 5.74) is 0.953. The number of hydrogen-bond acceptors (Lipinski definition) is 3. The Labute approximate surface area is 118 Å². The summed E-state index contributed by atoms with van der Waals surface area (Å²) in [5, 5.41) is 8.04. The molecule has 0 aromatic carbocycles. The smallest absolute Gasteiger partial charge is 0.315 e. The Hall–Kier alpha value is -1.07. The molecule has 0 unspecified atom stereocenters. The number of amides is 2. The minimum Gasteiger partial charge on any atom is -0.377 e. The van der Waals surface area contributed by atoms with Crippen molar-refractivity contribution in [3.05, 3.63) is 21.9 Å².